The summed E-state index contributed by atoms with van der Waals surface area (Å²) in [5.41, 5.74) is 1.19. The standard InChI is InChI=1S/C21H22O5/c1-3-14-25-18-11-8-16(9-12-18)10-13-20(22)26-19-7-5-6-17(15-19)21(23)24-4-2/h5-13,15H,3-4,14H2,1-2H3/b13-10+. The quantitative estimate of drug-likeness (QED) is 0.402. The van der Waals surface area contributed by atoms with Crippen molar-refractivity contribution in [2.75, 3.05) is 13.2 Å². The molecule has 0 saturated heterocycles. The van der Waals surface area contributed by atoms with Gasteiger partial charge in [-0.1, -0.05) is 25.1 Å². The summed E-state index contributed by atoms with van der Waals surface area (Å²) in [6.45, 7) is 4.74. The van der Waals surface area contributed by atoms with Gasteiger partial charge in [-0.2, -0.15) is 0 Å². The Bertz CT molecular complexity index is 762. The first-order chi connectivity index (χ1) is 12.6. The minimum atomic E-state index is -0.530. The number of hydrogen-bond donors (Lipinski definition) is 0. The predicted octanol–water partition coefficient (Wildman–Crippen LogP) is 4.27. The number of hydrogen-bond acceptors (Lipinski definition) is 5. The van der Waals surface area contributed by atoms with Gasteiger partial charge >= 0.3 is 11.9 Å². The predicted molar refractivity (Wildman–Crippen MR) is 99.3 cm³/mol. The second-order valence-corrected chi connectivity index (χ2v) is 5.42. The minimum Gasteiger partial charge on any atom is -0.494 e. The molecule has 5 heteroatoms. The van der Waals surface area contributed by atoms with Crippen LogP contribution in [0.5, 0.6) is 11.5 Å². The van der Waals surface area contributed by atoms with Crippen LogP contribution in [0, 0.1) is 0 Å². The summed E-state index contributed by atoms with van der Waals surface area (Å²) in [5.74, 6) is 0.0968. The van der Waals surface area contributed by atoms with Gasteiger partial charge in [-0.05, 0) is 55.3 Å². The molecule has 5 nitrogen and oxygen atoms in total. The van der Waals surface area contributed by atoms with Crippen molar-refractivity contribution in [3.05, 3.63) is 65.7 Å². The highest BCUT2D eigenvalue weighted by Gasteiger charge is 2.08. The molecule has 2 aromatic rings. The van der Waals surface area contributed by atoms with Crippen LogP contribution in [0.2, 0.25) is 0 Å². The second kappa shape index (κ2) is 10.0. The molecule has 0 unspecified atom stereocenters. The summed E-state index contributed by atoms with van der Waals surface area (Å²) < 4.78 is 15.7. The number of carbonyl (C=O) groups excluding carboxylic acids is 2. The molecule has 0 aliphatic carbocycles. The maximum absolute atomic E-state index is 12.0. The lowest BCUT2D eigenvalue weighted by molar-refractivity contribution is -0.128. The van der Waals surface area contributed by atoms with E-state index in [0.29, 0.717) is 12.2 Å². The zero-order valence-electron chi connectivity index (χ0n) is 14.9. The van der Waals surface area contributed by atoms with E-state index in [2.05, 4.69) is 0 Å². The van der Waals surface area contributed by atoms with Gasteiger partial charge in [0.25, 0.3) is 0 Å². The molecule has 0 fully saturated rings. The molecule has 0 amide bonds. The molecule has 0 N–H and O–H groups in total. The van der Waals surface area contributed by atoms with Gasteiger partial charge in [-0.25, -0.2) is 9.59 Å². The summed E-state index contributed by atoms with van der Waals surface area (Å²) in [7, 11) is 0. The lowest BCUT2D eigenvalue weighted by Crippen LogP contribution is -2.07. The van der Waals surface area contributed by atoms with Crippen molar-refractivity contribution >= 4 is 18.0 Å². The van der Waals surface area contributed by atoms with Crippen molar-refractivity contribution in [1.29, 1.82) is 0 Å². The summed E-state index contributed by atoms with van der Waals surface area (Å²) in [6.07, 6.45) is 3.94. The Morgan fingerprint density at radius 2 is 1.77 bits per heavy atom. The smallest absolute Gasteiger partial charge is 0.338 e. The van der Waals surface area contributed by atoms with Gasteiger partial charge in [0.2, 0.25) is 0 Å². The summed E-state index contributed by atoms with van der Waals surface area (Å²) in [5, 5.41) is 0. The van der Waals surface area contributed by atoms with Crippen molar-refractivity contribution < 1.29 is 23.8 Å². The Kier molecular flexibility index (Phi) is 7.43. The highest BCUT2D eigenvalue weighted by atomic mass is 16.5. The third-order valence-corrected chi connectivity index (χ3v) is 3.33. The van der Waals surface area contributed by atoms with E-state index < -0.39 is 11.9 Å². The van der Waals surface area contributed by atoms with Crippen LogP contribution in [-0.2, 0) is 9.53 Å². The molecule has 0 radical (unpaired) electrons. The maximum atomic E-state index is 12.0. The van der Waals surface area contributed by atoms with E-state index >= 15 is 0 Å². The molecular weight excluding hydrogens is 332 g/mol. The fourth-order valence-electron chi connectivity index (χ4n) is 2.11. The number of ether oxygens (including phenoxy) is 3. The lowest BCUT2D eigenvalue weighted by Gasteiger charge is -2.05. The Morgan fingerprint density at radius 1 is 1.00 bits per heavy atom. The van der Waals surface area contributed by atoms with Crippen molar-refractivity contribution in [3.63, 3.8) is 0 Å². The van der Waals surface area contributed by atoms with Gasteiger partial charge in [-0.15, -0.1) is 0 Å². The molecular formula is C21H22O5. The van der Waals surface area contributed by atoms with E-state index in [4.69, 9.17) is 14.2 Å². The summed E-state index contributed by atoms with van der Waals surface area (Å²) >= 11 is 0. The topological polar surface area (TPSA) is 61.8 Å². The van der Waals surface area contributed by atoms with Gasteiger partial charge in [-0.3, -0.25) is 0 Å². The molecule has 2 rings (SSSR count). The van der Waals surface area contributed by atoms with Crippen LogP contribution < -0.4 is 9.47 Å². The molecule has 0 aliphatic heterocycles. The van der Waals surface area contributed by atoms with Crippen molar-refractivity contribution in [1.82, 2.24) is 0 Å². The Hall–Kier alpha value is -3.08. The Morgan fingerprint density at radius 3 is 2.46 bits per heavy atom. The van der Waals surface area contributed by atoms with Crippen LogP contribution in [0.4, 0.5) is 0 Å². The molecule has 136 valence electrons. The van der Waals surface area contributed by atoms with Crippen LogP contribution in [0.3, 0.4) is 0 Å². The molecule has 0 aromatic heterocycles. The van der Waals surface area contributed by atoms with E-state index in [1.807, 2.05) is 31.2 Å². The van der Waals surface area contributed by atoms with Crippen LogP contribution in [0.1, 0.15) is 36.2 Å². The number of rotatable bonds is 8. The zero-order chi connectivity index (χ0) is 18.8. The first-order valence-electron chi connectivity index (χ1n) is 8.52. The van der Waals surface area contributed by atoms with Gasteiger partial charge in [0.05, 0.1) is 18.8 Å². The van der Waals surface area contributed by atoms with Crippen LogP contribution in [0.15, 0.2) is 54.6 Å². The normalized spacial score (nSPS) is 10.5. The largest absolute Gasteiger partial charge is 0.494 e. The first kappa shape index (κ1) is 19.2. The fraction of sp³-hybridized carbons (Fsp3) is 0.238. The molecule has 0 saturated carbocycles. The van der Waals surface area contributed by atoms with Crippen LogP contribution in [0.25, 0.3) is 6.08 Å². The Balaban J connectivity index is 1.94. The highest BCUT2D eigenvalue weighted by molar-refractivity contribution is 5.91. The van der Waals surface area contributed by atoms with Gasteiger partial charge in [0.1, 0.15) is 11.5 Å². The van der Waals surface area contributed by atoms with E-state index in [9.17, 15) is 9.59 Å². The van der Waals surface area contributed by atoms with E-state index in [0.717, 1.165) is 17.7 Å². The van der Waals surface area contributed by atoms with Crippen LogP contribution >= 0.6 is 0 Å². The van der Waals surface area contributed by atoms with Crippen LogP contribution in [-0.4, -0.2) is 25.2 Å². The molecule has 0 atom stereocenters. The molecule has 0 aliphatic rings. The molecule has 0 heterocycles. The number of benzene rings is 2. The van der Waals surface area contributed by atoms with Crippen molar-refractivity contribution in [3.8, 4) is 11.5 Å². The van der Waals surface area contributed by atoms with Crippen molar-refractivity contribution in [2.45, 2.75) is 20.3 Å². The number of esters is 2. The second-order valence-electron chi connectivity index (χ2n) is 5.42. The fourth-order valence-corrected chi connectivity index (χ4v) is 2.11. The van der Waals surface area contributed by atoms with E-state index in [1.54, 1.807) is 31.2 Å². The first-order valence-corrected chi connectivity index (χ1v) is 8.52. The summed E-state index contributed by atoms with van der Waals surface area (Å²) in [6, 6.07) is 13.7. The van der Waals surface area contributed by atoms with E-state index in [1.165, 1.54) is 12.1 Å². The monoisotopic (exact) mass is 354 g/mol. The highest BCUT2D eigenvalue weighted by Crippen LogP contribution is 2.16. The zero-order valence-corrected chi connectivity index (χ0v) is 14.9. The molecule has 0 spiro atoms. The van der Waals surface area contributed by atoms with Crippen molar-refractivity contribution in [2.24, 2.45) is 0 Å². The third kappa shape index (κ3) is 6.09. The summed E-state index contributed by atoms with van der Waals surface area (Å²) in [4.78, 5) is 23.7. The van der Waals surface area contributed by atoms with Gasteiger partial charge in [0.15, 0.2) is 0 Å². The molecule has 0 bridgehead atoms. The van der Waals surface area contributed by atoms with Gasteiger partial charge in [0, 0.05) is 6.08 Å². The SMILES string of the molecule is CCCOc1ccc(/C=C/C(=O)Oc2cccc(C(=O)OCC)c2)cc1. The minimum absolute atomic E-state index is 0.286. The van der Waals surface area contributed by atoms with E-state index in [-0.39, 0.29) is 12.4 Å². The average molecular weight is 354 g/mol. The molecule has 26 heavy (non-hydrogen) atoms. The third-order valence-electron chi connectivity index (χ3n) is 3.33. The molecule has 2 aromatic carbocycles. The average Bonchev–Trinajstić information content (AvgIpc) is 2.66. The number of carbonyl (C=O) groups is 2. The van der Waals surface area contributed by atoms with Gasteiger partial charge < -0.3 is 14.2 Å². The lowest BCUT2D eigenvalue weighted by atomic mass is 10.2. The maximum Gasteiger partial charge on any atom is 0.338 e. The Labute approximate surface area is 153 Å².